The normalized spacial score (nSPS) is 26.5. The zero-order valence-electron chi connectivity index (χ0n) is 25.6. The Morgan fingerprint density at radius 2 is 1.08 bits per heavy atom. The highest BCUT2D eigenvalue weighted by atomic mass is 16.7. The highest BCUT2D eigenvalue weighted by Crippen LogP contribution is 2.30. The molecule has 2 aliphatic heterocycles. The third-order valence-corrected chi connectivity index (χ3v) is 5.16. The lowest BCUT2D eigenvalue weighted by molar-refractivity contribution is -0.305. The molecular weight excluding hydrogens is 512 g/mol. The maximum absolute atomic E-state index is 11.9. The molecule has 2 heterocycles. The van der Waals surface area contributed by atoms with Crippen LogP contribution in [0.3, 0.4) is 0 Å². The molecular formula is C28H50O11. The molecule has 0 aromatic heterocycles. The third-order valence-electron chi connectivity index (χ3n) is 5.16. The zero-order chi connectivity index (χ0) is 30.2. The van der Waals surface area contributed by atoms with Crippen molar-refractivity contribution in [3.05, 3.63) is 0 Å². The van der Waals surface area contributed by atoms with Gasteiger partial charge in [0.15, 0.2) is 11.6 Å². The molecule has 2 saturated heterocycles. The number of hydrogen-bond donors (Lipinski definition) is 1. The molecule has 39 heavy (non-hydrogen) atoms. The summed E-state index contributed by atoms with van der Waals surface area (Å²) in [7, 11) is 0. The molecule has 0 radical (unpaired) electrons. The van der Waals surface area contributed by atoms with Crippen molar-refractivity contribution in [1.82, 2.24) is 0 Å². The van der Waals surface area contributed by atoms with E-state index in [1.54, 1.807) is 27.7 Å². The van der Waals surface area contributed by atoms with Gasteiger partial charge in [0, 0.05) is 19.8 Å². The number of aliphatic hydroxyl groups is 1. The third kappa shape index (κ3) is 16.2. The van der Waals surface area contributed by atoms with Crippen LogP contribution in [0.4, 0.5) is 0 Å². The number of carbonyl (C=O) groups is 3. The average molecular weight is 563 g/mol. The smallest absolute Gasteiger partial charge is 0.308 e. The highest BCUT2D eigenvalue weighted by molar-refractivity contribution is 5.71. The Labute approximate surface area is 233 Å². The zero-order valence-corrected chi connectivity index (χ0v) is 25.6. The van der Waals surface area contributed by atoms with Crippen LogP contribution in [0.15, 0.2) is 0 Å². The molecule has 0 bridgehead atoms. The first-order valence-electron chi connectivity index (χ1n) is 13.5. The quantitative estimate of drug-likeness (QED) is 0.358. The van der Waals surface area contributed by atoms with Gasteiger partial charge in [-0.05, 0) is 69.2 Å². The van der Waals surface area contributed by atoms with Crippen molar-refractivity contribution in [3.8, 4) is 0 Å². The first-order valence-corrected chi connectivity index (χ1v) is 13.5. The summed E-state index contributed by atoms with van der Waals surface area (Å²) >= 11 is 0. The Hall–Kier alpha value is -1.79. The maximum Gasteiger partial charge on any atom is 0.308 e. The Balaban J connectivity index is 0.000000395. The minimum absolute atomic E-state index is 0.0718. The molecule has 2 aliphatic rings. The lowest BCUT2D eigenvalue weighted by Gasteiger charge is -2.40. The van der Waals surface area contributed by atoms with Gasteiger partial charge in [-0.2, -0.15) is 0 Å². The van der Waals surface area contributed by atoms with Crippen molar-refractivity contribution in [2.24, 2.45) is 0 Å². The summed E-state index contributed by atoms with van der Waals surface area (Å²) in [4.78, 5) is 34.5. The number of esters is 3. The van der Waals surface area contributed by atoms with E-state index in [0.29, 0.717) is 12.8 Å². The van der Waals surface area contributed by atoms with Gasteiger partial charge in [0.05, 0.1) is 43.9 Å². The Kier molecular flexibility index (Phi) is 12.8. The molecule has 0 aliphatic carbocycles. The number of ether oxygens (including phenoxy) is 7. The van der Waals surface area contributed by atoms with Gasteiger partial charge in [-0.1, -0.05) is 0 Å². The van der Waals surface area contributed by atoms with E-state index in [2.05, 4.69) is 0 Å². The van der Waals surface area contributed by atoms with Gasteiger partial charge in [-0.3, -0.25) is 14.4 Å². The fourth-order valence-corrected chi connectivity index (χ4v) is 4.25. The first kappa shape index (κ1) is 35.2. The molecule has 1 N–H and O–H groups in total. The number of carbonyl (C=O) groups excluding carboxylic acids is 3. The molecule has 11 nitrogen and oxygen atoms in total. The SMILES string of the molecule is CC(=O)OC[C@@H]1C[C@H](CC(=O)OC(C)(C)C)OC(C)(C)O1.CC(C)(C)OC(=O)C[C@H]1C[C@@H](CO)OC(C)(C)O1. The van der Waals surface area contributed by atoms with Crippen molar-refractivity contribution in [3.63, 3.8) is 0 Å². The average Bonchev–Trinajstić information content (AvgIpc) is 2.67. The summed E-state index contributed by atoms with van der Waals surface area (Å²) in [5.74, 6) is -2.56. The number of hydrogen-bond acceptors (Lipinski definition) is 11. The molecule has 0 unspecified atom stereocenters. The van der Waals surface area contributed by atoms with Crippen molar-refractivity contribution in [2.45, 2.75) is 149 Å². The summed E-state index contributed by atoms with van der Waals surface area (Å²) < 4.78 is 38.1. The second-order valence-corrected chi connectivity index (χ2v) is 12.8. The fourth-order valence-electron chi connectivity index (χ4n) is 4.25. The molecule has 11 heteroatoms. The van der Waals surface area contributed by atoms with Gasteiger partial charge in [0.1, 0.15) is 17.8 Å². The van der Waals surface area contributed by atoms with Crippen molar-refractivity contribution >= 4 is 17.9 Å². The van der Waals surface area contributed by atoms with E-state index in [0.717, 1.165) is 0 Å². The fraction of sp³-hybridized carbons (Fsp3) is 0.893. The first-order chi connectivity index (χ1) is 17.6. The summed E-state index contributed by atoms with van der Waals surface area (Å²) in [6.07, 6.45) is 0.146. The largest absolute Gasteiger partial charge is 0.463 e. The molecule has 4 atom stereocenters. The van der Waals surface area contributed by atoms with E-state index >= 15 is 0 Å². The summed E-state index contributed by atoms with van der Waals surface area (Å²) in [5, 5.41) is 9.16. The maximum atomic E-state index is 11.9. The second-order valence-electron chi connectivity index (χ2n) is 12.8. The summed E-state index contributed by atoms with van der Waals surface area (Å²) in [6.45, 7) is 19.5. The van der Waals surface area contributed by atoms with Crippen molar-refractivity contribution < 1.29 is 52.6 Å². The molecule has 0 spiro atoms. The predicted molar refractivity (Wildman–Crippen MR) is 142 cm³/mol. The molecule has 0 aromatic carbocycles. The van der Waals surface area contributed by atoms with Crippen LogP contribution in [0, 0.1) is 0 Å². The predicted octanol–water partition coefficient (Wildman–Crippen LogP) is 3.81. The Morgan fingerprint density at radius 1 is 0.718 bits per heavy atom. The lowest BCUT2D eigenvalue weighted by Crippen LogP contribution is -2.47. The molecule has 0 amide bonds. The van der Waals surface area contributed by atoms with Crippen LogP contribution in [0.1, 0.15) is 102 Å². The van der Waals surface area contributed by atoms with E-state index in [1.807, 2.05) is 41.5 Å². The molecule has 2 rings (SSSR count). The van der Waals surface area contributed by atoms with Crippen molar-refractivity contribution in [1.29, 1.82) is 0 Å². The second kappa shape index (κ2) is 14.2. The Bertz CT molecular complexity index is 807. The van der Waals surface area contributed by atoms with Gasteiger partial charge in [0.2, 0.25) is 0 Å². The van der Waals surface area contributed by atoms with E-state index in [-0.39, 0.29) is 68.4 Å². The van der Waals surface area contributed by atoms with Crippen LogP contribution in [-0.4, -0.2) is 83.4 Å². The summed E-state index contributed by atoms with van der Waals surface area (Å²) in [5.41, 5.74) is -1.01. The minimum atomic E-state index is -0.824. The Morgan fingerprint density at radius 3 is 1.44 bits per heavy atom. The van der Waals surface area contributed by atoms with Gasteiger partial charge < -0.3 is 38.3 Å². The van der Waals surface area contributed by atoms with Crippen LogP contribution in [0.25, 0.3) is 0 Å². The van der Waals surface area contributed by atoms with Gasteiger partial charge in [0.25, 0.3) is 0 Å². The van der Waals surface area contributed by atoms with E-state index < -0.39 is 22.8 Å². The number of rotatable bonds is 7. The van der Waals surface area contributed by atoms with Crippen LogP contribution in [-0.2, 0) is 47.5 Å². The van der Waals surface area contributed by atoms with E-state index in [9.17, 15) is 14.4 Å². The van der Waals surface area contributed by atoms with Crippen LogP contribution >= 0.6 is 0 Å². The number of aliphatic hydroxyl groups excluding tert-OH is 1. The highest BCUT2D eigenvalue weighted by Gasteiger charge is 2.38. The van der Waals surface area contributed by atoms with Crippen LogP contribution in [0.5, 0.6) is 0 Å². The monoisotopic (exact) mass is 562 g/mol. The molecule has 2 fully saturated rings. The lowest BCUT2D eigenvalue weighted by atomic mass is 10.1. The van der Waals surface area contributed by atoms with Crippen LogP contribution in [0.2, 0.25) is 0 Å². The summed E-state index contributed by atoms with van der Waals surface area (Å²) in [6, 6.07) is 0. The van der Waals surface area contributed by atoms with E-state index in [1.165, 1.54) is 6.92 Å². The van der Waals surface area contributed by atoms with Crippen molar-refractivity contribution in [2.75, 3.05) is 13.2 Å². The minimum Gasteiger partial charge on any atom is -0.463 e. The standard InChI is InChI=1S/C15H26O6.C13H24O5/c1-10(16)18-9-12-7-11(19-15(5,6)20-12)8-13(17)21-14(2,3)4;1-12(2,3)18-11(15)7-9-6-10(8-14)17-13(4,5)16-9/h11-12H,7-9H2,1-6H3;9-10,14H,6-8H2,1-5H3/t11-,12+;9-,10+/m11/s1. The van der Waals surface area contributed by atoms with Gasteiger partial charge in [-0.15, -0.1) is 0 Å². The molecule has 228 valence electrons. The van der Waals surface area contributed by atoms with Gasteiger partial charge >= 0.3 is 17.9 Å². The molecule has 0 saturated carbocycles. The topological polar surface area (TPSA) is 136 Å². The van der Waals surface area contributed by atoms with Gasteiger partial charge in [-0.25, -0.2) is 0 Å². The van der Waals surface area contributed by atoms with E-state index in [4.69, 9.17) is 38.3 Å². The molecule has 0 aromatic rings. The van der Waals surface area contributed by atoms with Crippen LogP contribution < -0.4 is 0 Å².